The third kappa shape index (κ3) is 5.38. The Morgan fingerprint density at radius 2 is 1.84 bits per heavy atom. The molecule has 2 aliphatic rings. The number of urea groups is 1. The molecule has 2 N–H and O–H groups in total. The van der Waals surface area contributed by atoms with Gasteiger partial charge in [-0.2, -0.15) is 0 Å². The minimum Gasteiger partial charge on any atom is -0.350 e. The second-order valence-corrected chi connectivity index (χ2v) is 10.3. The highest BCUT2D eigenvalue weighted by atomic mass is 19.1. The highest BCUT2D eigenvalue weighted by molar-refractivity contribution is 6.03. The van der Waals surface area contributed by atoms with Crippen LogP contribution < -0.4 is 10.6 Å². The quantitative estimate of drug-likeness (QED) is 0.558. The number of carbonyl (C=O) groups excluding carboxylic acids is 3. The van der Waals surface area contributed by atoms with Crippen molar-refractivity contribution in [2.24, 2.45) is 5.92 Å². The predicted octanol–water partition coefficient (Wildman–Crippen LogP) is 4.36. The van der Waals surface area contributed by atoms with Gasteiger partial charge in [0.05, 0.1) is 23.9 Å². The molecule has 4 amide bonds. The van der Waals surface area contributed by atoms with Crippen molar-refractivity contribution in [1.82, 2.24) is 20.4 Å². The van der Waals surface area contributed by atoms with Crippen molar-refractivity contribution in [3.63, 3.8) is 0 Å². The number of hydrogen-bond acceptors (Lipinski definition) is 3. The summed E-state index contributed by atoms with van der Waals surface area (Å²) in [5.74, 6) is -0.684. The maximum atomic E-state index is 14.0. The zero-order valence-electron chi connectivity index (χ0n) is 22.1. The number of hydrogen-bond donors (Lipinski definition) is 2. The zero-order valence-corrected chi connectivity index (χ0v) is 22.1. The first-order valence-electron chi connectivity index (χ1n) is 12.8. The van der Waals surface area contributed by atoms with Gasteiger partial charge < -0.3 is 15.5 Å². The smallest absolute Gasteiger partial charge is 0.322 e. The molecule has 0 radical (unpaired) electrons. The number of likely N-dealkylation sites (N-methyl/N-ethyl adjacent to an activating group) is 1. The molecule has 196 valence electrons. The highest BCUT2D eigenvalue weighted by Gasteiger charge is 2.47. The number of aryl methyl sites for hydroxylation is 2. The molecule has 0 bridgehead atoms. The van der Waals surface area contributed by atoms with Crippen molar-refractivity contribution in [2.45, 2.75) is 59.7 Å². The van der Waals surface area contributed by atoms with E-state index in [2.05, 4.69) is 10.6 Å². The molecule has 2 atom stereocenters. The summed E-state index contributed by atoms with van der Waals surface area (Å²) in [5, 5.41) is 5.95. The van der Waals surface area contributed by atoms with Crippen LogP contribution in [0, 0.1) is 25.6 Å². The molecule has 37 heavy (non-hydrogen) atoms. The monoisotopic (exact) mass is 506 g/mol. The Kier molecular flexibility index (Phi) is 7.66. The maximum absolute atomic E-state index is 14.0. The molecule has 2 aromatic rings. The molecule has 0 saturated heterocycles. The van der Waals surface area contributed by atoms with E-state index in [9.17, 15) is 18.8 Å². The summed E-state index contributed by atoms with van der Waals surface area (Å²) in [6.07, 6.45) is 0.475. The van der Waals surface area contributed by atoms with Crippen LogP contribution in [-0.2, 0) is 16.1 Å². The van der Waals surface area contributed by atoms with Crippen LogP contribution in [0.25, 0.3) is 0 Å². The zero-order chi connectivity index (χ0) is 26.9. The summed E-state index contributed by atoms with van der Waals surface area (Å²) in [4.78, 5) is 43.6. The average Bonchev–Trinajstić information content (AvgIpc) is 3.18. The number of carbonyl (C=O) groups is 3. The van der Waals surface area contributed by atoms with E-state index in [0.717, 1.165) is 22.3 Å². The first-order chi connectivity index (χ1) is 17.6. The van der Waals surface area contributed by atoms with Gasteiger partial charge in [-0.3, -0.25) is 14.5 Å². The third-order valence-electron chi connectivity index (χ3n) is 7.06. The van der Waals surface area contributed by atoms with E-state index < -0.39 is 12.1 Å². The highest BCUT2D eigenvalue weighted by Crippen LogP contribution is 2.38. The van der Waals surface area contributed by atoms with Crippen molar-refractivity contribution < 1.29 is 18.8 Å². The van der Waals surface area contributed by atoms with Crippen LogP contribution in [0.2, 0.25) is 0 Å². The van der Waals surface area contributed by atoms with Crippen LogP contribution in [-0.4, -0.2) is 46.8 Å². The van der Waals surface area contributed by atoms with E-state index in [1.807, 2.05) is 52.8 Å². The van der Waals surface area contributed by atoms with Crippen molar-refractivity contribution in [2.75, 3.05) is 13.1 Å². The number of benzene rings is 2. The lowest BCUT2D eigenvalue weighted by Gasteiger charge is -2.33. The van der Waals surface area contributed by atoms with Gasteiger partial charge in [0.25, 0.3) is 5.91 Å². The summed E-state index contributed by atoms with van der Waals surface area (Å²) >= 11 is 0. The molecule has 2 aromatic carbocycles. The molecule has 0 aromatic heterocycles. The minimum absolute atomic E-state index is 0.157. The molecular formula is C29H35FN4O3. The van der Waals surface area contributed by atoms with Crippen molar-refractivity contribution >= 4 is 17.8 Å². The standard InChI is InChI=1S/C29H35FN4O3/c1-6-33-24-16-34(23(13-17(2)3)27(35)31-15-20-8-10-21(30)11-9-20)28(36)25(24)26(32-29(33)37)22-12-7-18(4)14-19(22)5/h7-12,14,17,23,26H,6,13,15-16H2,1-5H3,(H,31,35)(H,32,37)/t23-,26-/m0/s1. The van der Waals surface area contributed by atoms with Gasteiger partial charge in [0.15, 0.2) is 0 Å². The van der Waals surface area contributed by atoms with Gasteiger partial charge in [-0.15, -0.1) is 0 Å². The second kappa shape index (κ2) is 10.7. The summed E-state index contributed by atoms with van der Waals surface area (Å²) in [7, 11) is 0. The Bertz CT molecular complexity index is 1240. The Labute approximate surface area is 217 Å². The number of amides is 4. The van der Waals surface area contributed by atoms with Crippen LogP contribution in [0.1, 0.15) is 55.5 Å². The van der Waals surface area contributed by atoms with Crippen molar-refractivity contribution in [3.8, 4) is 0 Å². The van der Waals surface area contributed by atoms with Gasteiger partial charge in [0.1, 0.15) is 11.9 Å². The van der Waals surface area contributed by atoms with E-state index in [-0.39, 0.29) is 42.7 Å². The fourth-order valence-corrected chi connectivity index (χ4v) is 5.21. The largest absolute Gasteiger partial charge is 0.350 e. The molecule has 0 fully saturated rings. The number of nitrogens with zero attached hydrogens (tertiary/aromatic N) is 2. The molecule has 4 rings (SSSR count). The van der Waals surface area contributed by atoms with Crippen LogP contribution in [0.4, 0.5) is 9.18 Å². The first-order valence-corrected chi connectivity index (χ1v) is 12.8. The predicted molar refractivity (Wildman–Crippen MR) is 140 cm³/mol. The van der Waals surface area contributed by atoms with Gasteiger partial charge in [-0.05, 0) is 61.9 Å². The molecule has 2 heterocycles. The Balaban J connectivity index is 1.64. The van der Waals surface area contributed by atoms with Crippen molar-refractivity contribution in [1.29, 1.82) is 0 Å². The number of nitrogens with one attached hydrogen (secondary N) is 2. The van der Waals surface area contributed by atoms with Gasteiger partial charge in [-0.25, -0.2) is 9.18 Å². The summed E-state index contributed by atoms with van der Waals surface area (Å²) in [6, 6.07) is 10.4. The van der Waals surface area contributed by atoms with E-state index in [1.165, 1.54) is 12.1 Å². The summed E-state index contributed by atoms with van der Waals surface area (Å²) < 4.78 is 13.3. The van der Waals surface area contributed by atoms with Gasteiger partial charge in [0.2, 0.25) is 5.91 Å². The molecule has 2 aliphatic heterocycles. The van der Waals surface area contributed by atoms with Crippen LogP contribution in [0.3, 0.4) is 0 Å². The van der Waals surface area contributed by atoms with E-state index in [1.54, 1.807) is 21.9 Å². The summed E-state index contributed by atoms with van der Waals surface area (Å²) in [5.41, 5.74) is 4.91. The topological polar surface area (TPSA) is 81.8 Å². The molecule has 8 heteroatoms. The molecule has 0 saturated carbocycles. The Morgan fingerprint density at radius 1 is 1.14 bits per heavy atom. The lowest BCUT2D eigenvalue weighted by atomic mass is 9.91. The SMILES string of the molecule is CCN1C(=O)N[C@@H](c2ccc(C)cc2C)C2=C1CN([C@@H](CC(C)C)C(=O)NCc1ccc(F)cc1)C2=O. The molecule has 0 aliphatic carbocycles. The van der Waals surface area contributed by atoms with Crippen molar-refractivity contribution in [3.05, 3.63) is 81.8 Å². The van der Waals surface area contributed by atoms with Gasteiger partial charge in [0, 0.05) is 13.1 Å². The average molecular weight is 507 g/mol. The maximum Gasteiger partial charge on any atom is 0.322 e. The lowest BCUT2D eigenvalue weighted by Crippen LogP contribution is -2.49. The lowest BCUT2D eigenvalue weighted by molar-refractivity contribution is -0.137. The minimum atomic E-state index is -0.702. The van der Waals surface area contributed by atoms with Crippen LogP contribution in [0.15, 0.2) is 53.7 Å². The molecule has 0 unspecified atom stereocenters. The fraction of sp³-hybridized carbons (Fsp3) is 0.414. The number of halogens is 1. The van der Waals surface area contributed by atoms with E-state index >= 15 is 0 Å². The molecule has 7 nitrogen and oxygen atoms in total. The fourth-order valence-electron chi connectivity index (χ4n) is 5.21. The Morgan fingerprint density at radius 3 is 2.46 bits per heavy atom. The van der Waals surface area contributed by atoms with E-state index in [4.69, 9.17) is 0 Å². The summed E-state index contributed by atoms with van der Waals surface area (Å²) in [6.45, 7) is 10.7. The second-order valence-electron chi connectivity index (χ2n) is 10.3. The third-order valence-corrected chi connectivity index (χ3v) is 7.06. The first kappa shape index (κ1) is 26.4. The van der Waals surface area contributed by atoms with Crippen LogP contribution >= 0.6 is 0 Å². The molecular weight excluding hydrogens is 471 g/mol. The van der Waals surface area contributed by atoms with Gasteiger partial charge >= 0.3 is 6.03 Å². The van der Waals surface area contributed by atoms with Gasteiger partial charge in [-0.1, -0.05) is 49.7 Å². The molecule has 0 spiro atoms. The Hall–Kier alpha value is -3.68. The normalized spacial score (nSPS) is 18.3. The number of rotatable bonds is 8. The van der Waals surface area contributed by atoms with E-state index in [0.29, 0.717) is 24.2 Å². The van der Waals surface area contributed by atoms with Crippen LogP contribution in [0.5, 0.6) is 0 Å².